The molecule has 2 aromatic carbocycles. The number of carbonyl (C=O) groups is 2. The summed E-state index contributed by atoms with van der Waals surface area (Å²) in [5, 5.41) is 11.4. The van der Waals surface area contributed by atoms with E-state index in [9.17, 15) is 14.0 Å². The Morgan fingerprint density at radius 3 is 2.82 bits per heavy atom. The molecule has 1 aromatic heterocycles. The van der Waals surface area contributed by atoms with E-state index in [0.29, 0.717) is 11.4 Å². The third kappa shape index (κ3) is 4.08. The van der Waals surface area contributed by atoms with Crippen LogP contribution in [0.4, 0.5) is 15.8 Å². The van der Waals surface area contributed by atoms with Crippen LogP contribution < -0.4 is 10.2 Å². The highest BCUT2D eigenvalue weighted by Crippen LogP contribution is 2.31. The smallest absolute Gasteiger partial charge is 0.229 e. The van der Waals surface area contributed by atoms with Gasteiger partial charge in [-0.2, -0.15) is 0 Å². The number of anilines is 2. The Balaban J connectivity index is 1.35. The summed E-state index contributed by atoms with van der Waals surface area (Å²) in [6.45, 7) is 5.06. The number of hydrogen-bond donors (Lipinski definition) is 1. The van der Waals surface area contributed by atoms with Crippen molar-refractivity contribution >= 4 is 23.2 Å². The minimum absolute atomic E-state index is 0.0890. The number of nitrogens with zero attached hydrogens (tertiary/aromatic N) is 4. The molecule has 0 bridgehead atoms. The van der Waals surface area contributed by atoms with Crippen molar-refractivity contribution in [2.45, 2.75) is 52.5 Å². The van der Waals surface area contributed by atoms with Crippen molar-refractivity contribution in [2.75, 3.05) is 16.8 Å². The van der Waals surface area contributed by atoms with Gasteiger partial charge in [-0.05, 0) is 62.1 Å². The number of halogens is 1. The van der Waals surface area contributed by atoms with Gasteiger partial charge < -0.3 is 14.8 Å². The monoisotopic (exact) mass is 461 g/mol. The lowest BCUT2D eigenvalue weighted by molar-refractivity contribution is -0.122. The first-order valence-corrected chi connectivity index (χ1v) is 11.8. The van der Waals surface area contributed by atoms with Gasteiger partial charge in [0.15, 0.2) is 5.82 Å². The lowest BCUT2D eigenvalue weighted by Gasteiger charge is -2.20. The van der Waals surface area contributed by atoms with Crippen LogP contribution in [-0.4, -0.2) is 33.1 Å². The topological polar surface area (TPSA) is 80.1 Å². The Morgan fingerprint density at radius 2 is 1.97 bits per heavy atom. The van der Waals surface area contributed by atoms with Crippen LogP contribution in [0.3, 0.4) is 0 Å². The zero-order valence-electron chi connectivity index (χ0n) is 19.5. The molecule has 1 N–H and O–H groups in total. The van der Waals surface area contributed by atoms with Crippen LogP contribution in [0.1, 0.15) is 42.6 Å². The van der Waals surface area contributed by atoms with Gasteiger partial charge in [0.2, 0.25) is 11.8 Å². The second-order valence-corrected chi connectivity index (χ2v) is 9.21. The van der Waals surface area contributed by atoms with Crippen molar-refractivity contribution in [2.24, 2.45) is 5.92 Å². The standard InChI is InChI=1S/C26H28FN5O2/c1-16-7-6-8-22(17(16)2)32-15-19(14-24(32)33)26(34)28-21-13-18(10-11-20(21)27)25-30-29-23-9-4-3-5-12-31(23)25/h6-8,10-11,13,19H,3-5,9,12,14-15H2,1-2H3,(H,28,34). The summed E-state index contributed by atoms with van der Waals surface area (Å²) in [5.74, 6) is 0.0812. The number of nitrogens with one attached hydrogen (secondary N) is 1. The Hall–Kier alpha value is -3.55. The van der Waals surface area contributed by atoms with E-state index in [1.165, 1.54) is 6.07 Å². The van der Waals surface area contributed by atoms with E-state index in [2.05, 4.69) is 20.1 Å². The maximum atomic E-state index is 14.6. The van der Waals surface area contributed by atoms with Crippen molar-refractivity contribution in [3.05, 3.63) is 59.2 Å². The number of hydrogen-bond acceptors (Lipinski definition) is 4. The molecular weight excluding hydrogens is 433 g/mol. The number of fused-ring (bicyclic) bond motifs is 1. The Kier molecular flexibility index (Phi) is 5.89. The van der Waals surface area contributed by atoms with Gasteiger partial charge in [0.05, 0.1) is 11.6 Å². The molecule has 1 saturated heterocycles. The van der Waals surface area contributed by atoms with Crippen LogP contribution in [0.5, 0.6) is 0 Å². The van der Waals surface area contributed by atoms with Gasteiger partial charge in [-0.1, -0.05) is 18.6 Å². The minimum Gasteiger partial charge on any atom is -0.323 e. The first-order chi connectivity index (χ1) is 16.4. The van der Waals surface area contributed by atoms with Crippen molar-refractivity contribution in [1.82, 2.24) is 14.8 Å². The molecule has 8 heteroatoms. The molecule has 0 spiro atoms. The van der Waals surface area contributed by atoms with E-state index in [-0.39, 0.29) is 30.5 Å². The summed E-state index contributed by atoms with van der Waals surface area (Å²) in [4.78, 5) is 27.4. The summed E-state index contributed by atoms with van der Waals surface area (Å²) >= 11 is 0. The van der Waals surface area contributed by atoms with Crippen molar-refractivity contribution in [1.29, 1.82) is 0 Å². The number of aromatic nitrogens is 3. The third-order valence-electron chi connectivity index (χ3n) is 6.95. The van der Waals surface area contributed by atoms with E-state index in [1.807, 2.05) is 32.0 Å². The number of amides is 2. The van der Waals surface area contributed by atoms with Gasteiger partial charge in [0.1, 0.15) is 11.6 Å². The molecule has 2 amide bonds. The summed E-state index contributed by atoms with van der Waals surface area (Å²) in [6.07, 6.45) is 4.26. The molecule has 0 radical (unpaired) electrons. The lowest BCUT2D eigenvalue weighted by Crippen LogP contribution is -2.28. The zero-order chi connectivity index (χ0) is 23.8. The highest BCUT2D eigenvalue weighted by Gasteiger charge is 2.36. The van der Waals surface area contributed by atoms with Gasteiger partial charge in [-0.3, -0.25) is 9.59 Å². The Morgan fingerprint density at radius 1 is 1.12 bits per heavy atom. The molecule has 34 heavy (non-hydrogen) atoms. The molecule has 1 fully saturated rings. The highest BCUT2D eigenvalue weighted by molar-refractivity contribution is 6.04. The zero-order valence-corrected chi connectivity index (χ0v) is 19.5. The fourth-order valence-corrected chi connectivity index (χ4v) is 4.84. The average molecular weight is 462 g/mol. The number of carbonyl (C=O) groups excluding carboxylic acids is 2. The van der Waals surface area contributed by atoms with Gasteiger partial charge >= 0.3 is 0 Å². The first-order valence-electron chi connectivity index (χ1n) is 11.8. The van der Waals surface area contributed by atoms with E-state index in [1.54, 1.807) is 17.0 Å². The second kappa shape index (κ2) is 9.00. The summed E-state index contributed by atoms with van der Waals surface area (Å²) in [5.41, 5.74) is 3.72. The maximum absolute atomic E-state index is 14.6. The normalized spacial score (nSPS) is 18.0. The molecule has 0 aliphatic carbocycles. The Labute approximate surface area is 198 Å². The van der Waals surface area contributed by atoms with E-state index in [4.69, 9.17) is 0 Å². The maximum Gasteiger partial charge on any atom is 0.229 e. The fraction of sp³-hybridized carbons (Fsp3) is 0.385. The van der Waals surface area contributed by atoms with Crippen molar-refractivity contribution < 1.29 is 14.0 Å². The second-order valence-electron chi connectivity index (χ2n) is 9.21. The molecule has 1 unspecified atom stereocenters. The fourth-order valence-electron chi connectivity index (χ4n) is 4.84. The van der Waals surface area contributed by atoms with Crippen LogP contribution in [0.25, 0.3) is 11.4 Å². The summed E-state index contributed by atoms with van der Waals surface area (Å²) in [7, 11) is 0. The van der Waals surface area contributed by atoms with E-state index in [0.717, 1.165) is 54.9 Å². The predicted octanol–water partition coefficient (Wildman–Crippen LogP) is 4.42. The average Bonchev–Trinajstić information content (AvgIpc) is 3.32. The molecule has 2 aliphatic rings. The largest absolute Gasteiger partial charge is 0.323 e. The summed E-state index contributed by atoms with van der Waals surface area (Å²) in [6, 6.07) is 10.4. The molecule has 7 nitrogen and oxygen atoms in total. The predicted molar refractivity (Wildman–Crippen MR) is 128 cm³/mol. The quantitative estimate of drug-likeness (QED) is 0.624. The van der Waals surface area contributed by atoms with Gasteiger partial charge in [0, 0.05) is 37.2 Å². The van der Waals surface area contributed by atoms with E-state index < -0.39 is 11.7 Å². The SMILES string of the molecule is Cc1cccc(N2CC(C(=O)Nc3cc(-c4nnc5n4CCCCC5)ccc3F)CC2=O)c1C. The lowest BCUT2D eigenvalue weighted by atomic mass is 10.1. The molecule has 2 aliphatic heterocycles. The highest BCUT2D eigenvalue weighted by atomic mass is 19.1. The van der Waals surface area contributed by atoms with Gasteiger partial charge in [-0.25, -0.2) is 4.39 Å². The number of rotatable bonds is 4. The molecule has 1 atom stereocenters. The van der Waals surface area contributed by atoms with Crippen LogP contribution in [0, 0.1) is 25.6 Å². The molecule has 5 rings (SSSR count). The molecular formula is C26H28FN5O2. The minimum atomic E-state index is -0.556. The number of aryl methyl sites for hydroxylation is 2. The van der Waals surface area contributed by atoms with Gasteiger partial charge in [0.25, 0.3) is 0 Å². The Bertz CT molecular complexity index is 1270. The summed E-state index contributed by atoms with van der Waals surface area (Å²) < 4.78 is 16.7. The molecule has 3 heterocycles. The van der Waals surface area contributed by atoms with Crippen molar-refractivity contribution in [3.63, 3.8) is 0 Å². The van der Waals surface area contributed by atoms with E-state index >= 15 is 0 Å². The van der Waals surface area contributed by atoms with Gasteiger partial charge in [-0.15, -0.1) is 10.2 Å². The van der Waals surface area contributed by atoms with Crippen LogP contribution in [-0.2, 0) is 22.6 Å². The van der Waals surface area contributed by atoms with Crippen LogP contribution in [0.2, 0.25) is 0 Å². The van der Waals surface area contributed by atoms with Crippen molar-refractivity contribution in [3.8, 4) is 11.4 Å². The molecule has 176 valence electrons. The molecule has 3 aromatic rings. The number of benzene rings is 2. The first kappa shape index (κ1) is 22.3. The molecule has 0 saturated carbocycles. The van der Waals surface area contributed by atoms with Crippen LogP contribution in [0.15, 0.2) is 36.4 Å². The van der Waals surface area contributed by atoms with Crippen LogP contribution >= 0.6 is 0 Å². The third-order valence-corrected chi connectivity index (χ3v) is 6.95.